The zero-order chi connectivity index (χ0) is 29.6. The van der Waals surface area contributed by atoms with E-state index in [1.165, 1.54) is 6.07 Å². The van der Waals surface area contributed by atoms with Crippen LogP contribution in [-0.2, 0) is 61.5 Å². The first kappa shape index (κ1) is 28.5. The topological polar surface area (TPSA) is 146 Å². The Morgan fingerprint density at radius 1 is 0.786 bits per heavy atom. The molecule has 0 aromatic heterocycles. The normalized spacial score (nSPS) is 20.4. The summed E-state index contributed by atoms with van der Waals surface area (Å²) < 4.78 is 54.4. The largest absolute Gasteiger partial charge is 0.457 e. The maximum absolute atomic E-state index is 11.8. The van der Waals surface area contributed by atoms with E-state index in [0.29, 0.717) is 49.4 Å². The van der Waals surface area contributed by atoms with Gasteiger partial charge in [0.2, 0.25) is 0 Å². The first-order valence-electron chi connectivity index (χ1n) is 13.7. The summed E-state index contributed by atoms with van der Waals surface area (Å²) in [5, 5.41) is 9.22. The number of ether oxygens (including phenoxy) is 4. The van der Waals surface area contributed by atoms with Crippen LogP contribution in [-0.4, -0.2) is 49.8 Å². The van der Waals surface area contributed by atoms with Gasteiger partial charge in [0.1, 0.15) is 19.3 Å². The Morgan fingerprint density at radius 3 is 1.88 bits per heavy atom. The molecule has 4 aliphatic rings. The minimum Gasteiger partial charge on any atom is -0.457 e. The number of carbonyl (C=O) groups is 2. The molecule has 3 aromatic rings. The van der Waals surface area contributed by atoms with Crippen LogP contribution < -0.4 is 0 Å². The highest BCUT2D eigenvalue weighted by Crippen LogP contribution is 2.37. The zero-order valence-corrected chi connectivity index (χ0v) is 23.7. The molecule has 11 heteroatoms. The number of hydrogen-bond donors (Lipinski definition) is 2. The summed E-state index contributed by atoms with van der Waals surface area (Å²) in [5.41, 5.74) is 8.65. The molecule has 0 spiro atoms. The predicted octanol–water partition coefficient (Wildman–Crippen LogP) is 3.73. The summed E-state index contributed by atoms with van der Waals surface area (Å²) in [6.45, 7) is 3.53. The Labute approximate surface area is 242 Å². The van der Waals surface area contributed by atoms with Crippen LogP contribution in [0.5, 0.6) is 0 Å². The number of aryl methyl sites for hydroxylation is 1. The van der Waals surface area contributed by atoms with E-state index in [9.17, 15) is 27.7 Å². The van der Waals surface area contributed by atoms with Crippen molar-refractivity contribution in [3.63, 3.8) is 0 Å². The second-order valence-corrected chi connectivity index (χ2v) is 12.1. The van der Waals surface area contributed by atoms with Crippen LogP contribution in [0.25, 0.3) is 0 Å². The van der Waals surface area contributed by atoms with Gasteiger partial charge in [0.05, 0.1) is 41.9 Å². The van der Waals surface area contributed by atoms with Gasteiger partial charge in [-0.25, -0.2) is 9.59 Å². The fourth-order valence-corrected chi connectivity index (χ4v) is 6.90. The van der Waals surface area contributed by atoms with Crippen LogP contribution in [0.2, 0.25) is 0 Å². The average molecular weight is 595 g/mol. The van der Waals surface area contributed by atoms with Crippen molar-refractivity contribution >= 4 is 22.1 Å². The zero-order valence-electron chi connectivity index (χ0n) is 22.9. The molecule has 0 fully saturated rings. The summed E-state index contributed by atoms with van der Waals surface area (Å²) >= 11 is 0. The van der Waals surface area contributed by atoms with Crippen molar-refractivity contribution in [2.24, 2.45) is 0 Å². The molecular weight excluding hydrogens is 564 g/mol. The first-order chi connectivity index (χ1) is 20.2. The summed E-state index contributed by atoms with van der Waals surface area (Å²) in [4.78, 5) is 23.1. The lowest BCUT2D eigenvalue weighted by molar-refractivity contribution is 0.00284. The first-order valence-corrected chi connectivity index (χ1v) is 15.1. The summed E-state index contributed by atoms with van der Waals surface area (Å²) in [6.07, 6.45) is 1.18. The van der Waals surface area contributed by atoms with Gasteiger partial charge < -0.3 is 24.1 Å². The maximum Gasteiger partial charge on any atom is 0.338 e. The number of aliphatic hydroxyl groups excluding tert-OH is 1. The molecule has 0 bridgehead atoms. The van der Waals surface area contributed by atoms with Gasteiger partial charge in [0, 0.05) is 17.5 Å². The minimum absolute atomic E-state index is 0.0272. The Kier molecular flexibility index (Phi) is 7.62. The highest BCUT2D eigenvalue weighted by molar-refractivity contribution is 7.85. The van der Waals surface area contributed by atoms with Gasteiger partial charge in [-0.05, 0) is 65.8 Å². The Bertz CT molecular complexity index is 1690. The van der Waals surface area contributed by atoms with E-state index < -0.39 is 10.1 Å². The van der Waals surface area contributed by atoms with E-state index in [4.69, 9.17) is 18.9 Å². The third-order valence-electron chi connectivity index (χ3n) is 8.17. The smallest absolute Gasteiger partial charge is 0.338 e. The Balaban J connectivity index is 0.000000168. The molecule has 220 valence electrons. The highest BCUT2D eigenvalue weighted by Gasteiger charge is 2.32. The number of esters is 2. The minimum atomic E-state index is -4.32. The van der Waals surface area contributed by atoms with Crippen molar-refractivity contribution in [1.29, 1.82) is 0 Å². The van der Waals surface area contributed by atoms with Crippen molar-refractivity contribution in [2.45, 2.75) is 56.5 Å². The molecule has 0 radical (unpaired) electrons. The summed E-state index contributed by atoms with van der Waals surface area (Å²) in [5.74, 6) is -0.553. The number of carbonyl (C=O) groups excluding carboxylic acids is 2. The number of aliphatic hydroxyl groups is 1. The fourth-order valence-electron chi connectivity index (χ4n) is 6.18. The second-order valence-electron chi connectivity index (χ2n) is 10.7. The van der Waals surface area contributed by atoms with Crippen LogP contribution in [0.15, 0.2) is 47.4 Å². The molecular formula is C31H30O10S. The lowest BCUT2D eigenvalue weighted by Crippen LogP contribution is -2.21. The van der Waals surface area contributed by atoms with Crippen molar-refractivity contribution < 1.29 is 46.6 Å². The van der Waals surface area contributed by atoms with Crippen molar-refractivity contribution in [1.82, 2.24) is 0 Å². The number of cyclic esters (lactones) is 2. The lowest BCUT2D eigenvalue weighted by atomic mass is 9.88. The molecule has 42 heavy (non-hydrogen) atoms. The molecule has 0 aliphatic carbocycles. The molecule has 2 atom stereocenters. The van der Waals surface area contributed by atoms with Crippen LogP contribution >= 0.6 is 0 Å². The van der Waals surface area contributed by atoms with Crippen LogP contribution in [0, 0.1) is 6.92 Å². The van der Waals surface area contributed by atoms with Gasteiger partial charge in [0.25, 0.3) is 10.1 Å². The van der Waals surface area contributed by atoms with Gasteiger partial charge in [-0.15, -0.1) is 0 Å². The maximum atomic E-state index is 11.8. The third kappa shape index (κ3) is 5.23. The molecule has 2 N–H and O–H groups in total. The van der Waals surface area contributed by atoms with E-state index in [0.717, 1.165) is 45.4 Å². The average Bonchev–Trinajstić information content (AvgIpc) is 3.55. The molecule has 0 saturated heterocycles. The van der Waals surface area contributed by atoms with Gasteiger partial charge in [-0.1, -0.05) is 29.8 Å². The number of hydrogen-bond acceptors (Lipinski definition) is 9. The monoisotopic (exact) mass is 594 g/mol. The molecule has 2 unspecified atom stereocenters. The standard InChI is InChI=1S/C19H18O6S.C12H12O4/c1-11-2-5-18(26(21,22)23)12(8-11)9-17-14-3-4-15-16(10-25-19(15)20)13(14)6-7-24-17;13-5-11-8-1-2-9-10(6-16-12(9)14)7(8)3-4-15-11/h2-5,8,17H,6-7,9-10H2,1H3,(H,21,22,23);1-2,11,13H,3-6H2. The number of rotatable bonds is 4. The van der Waals surface area contributed by atoms with E-state index in [1.807, 2.05) is 19.1 Å². The molecule has 0 saturated carbocycles. The predicted molar refractivity (Wildman–Crippen MR) is 148 cm³/mol. The van der Waals surface area contributed by atoms with E-state index in [1.54, 1.807) is 24.3 Å². The van der Waals surface area contributed by atoms with Crippen molar-refractivity contribution in [2.75, 3.05) is 19.8 Å². The molecule has 10 nitrogen and oxygen atoms in total. The molecule has 3 aromatic carbocycles. The number of fused-ring (bicyclic) bond motifs is 6. The highest BCUT2D eigenvalue weighted by atomic mass is 32.2. The Hall–Kier alpha value is -3.61. The van der Waals surface area contributed by atoms with Crippen LogP contribution in [0.1, 0.15) is 77.4 Å². The molecule has 0 amide bonds. The van der Waals surface area contributed by atoms with Gasteiger partial charge in [-0.3, -0.25) is 4.55 Å². The SMILES string of the molecule is Cc1ccc(S(=O)(=O)O)c(CC2OCCc3c2ccc2c3COC2=O)c1.O=C1OCc2c1ccc1c2CCOC1CO. The van der Waals surface area contributed by atoms with Gasteiger partial charge in [-0.2, -0.15) is 8.42 Å². The summed E-state index contributed by atoms with van der Waals surface area (Å²) in [6, 6.07) is 12.0. The van der Waals surface area contributed by atoms with E-state index in [-0.39, 0.29) is 42.3 Å². The van der Waals surface area contributed by atoms with Gasteiger partial charge >= 0.3 is 11.9 Å². The quantitative estimate of drug-likeness (QED) is 0.338. The van der Waals surface area contributed by atoms with Crippen LogP contribution in [0.4, 0.5) is 0 Å². The second kappa shape index (κ2) is 11.2. The van der Waals surface area contributed by atoms with Crippen molar-refractivity contribution in [3.05, 3.63) is 98.1 Å². The van der Waals surface area contributed by atoms with Crippen molar-refractivity contribution in [3.8, 4) is 0 Å². The van der Waals surface area contributed by atoms with Crippen LogP contribution in [0.3, 0.4) is 0 Å². The molecule has 4 heterocycles. The third-order valence-corrected chi connectivity index (χ3v) is 9.12. The molecule has 4 aliphatic heterocycles. The fraction of sp³-hybridized carbons (Fsp3) is 0.355. The van der Waals surface area contributed by atoms with Gasteiger partial charge in [0.15, 0.2) is 0 Å². The summed E-state index contributed by atoms with van der Waals surface area (Å²) in [7, 11) is -4.32. The molecule has 7 rings (SSSR count). The lowest BCUT2D eigenvalue weighted by Gasteiger charge is -2.28. The van der Waals surface area contributed by atoms with E-state index >= 15 is 0 Å². The Morgan fingerprint density at radius 2 is 1.33 bits per heavy atom. The van der Waals surface area contributed by atoms with E-state index in [2.05, 4.69) is 0 Å². The number of benzene rings is 3.